The Morgan fingerprint density at radius 3 is 2.95 bits per heavy atom. The number of hydrogen-bond acceptors (Lipinski definition) is 2. The maximum Gasteiger partial charge on any atom is 0.226 e. The molecule has 3 atom stereocenters. The van der Waals surface area contributed by atoms with E-state index < -0.39 is 0 Å². The highest BCUT2D eigenvalue weighted by Crippen LogP contribution is 2.44. The Balaban J connectivity index is 1.41. The maximum atomic E-state index is 12.6. The van der Waals surface area contributed by atoms with Crippen molar-refractivity contribution in [2.45, 2.75) is 19.4 Å². The topological polar surface area (TPSA) is 38.1 Å². The molecular weight excluding hydrogens is 274 g/mol. The third-order valence-corrected chi connectivity index (χ3v) is 5.18. The molecule has 2 aliphatic carbocycles. The number of fused-ring (bicyclic) bond motifs is 3. The van der Waals surface area contributed by atoms with Gasteiger partial charge in [0.2, 0.25) is 5.91 Å². The fraction of sp³-hybridized carbons (Fsp3) is 0.444. The molecule has 1 aromatic heterocycles. The molecule has 4 rings (SSSR count). The standard InChI is InChI=1S/C18H21N3O/c1-20(18(22)15-11-13-6-7-14(15)10-13)8-9-21-12-19-16-4-2-3-5-17(16)21/h2-7,12-15H,8-11H2,1H3/t13-,14+,15-/m1/s1. The van der Waals surface area contributed by atoms with Crippen LogP contribution in [-0.4, -0.2) is 34.0 Å². The number of nitrogens with zero attached hydrogens (tertiary/aromatic N) is 3. The number of rotatable bonds is 4. The summed E-state index contributed by atoms with van der Waals surface area (Å²) in [5.74, 6) is 1.64. The van der Waals surface area contributed by atoms with Gasteiger partial charge in [-0.2, -0.15) is 0 Å². The van der Waals surface area contributed by atoms with E-state index in [1.54, 1.807) is 0 Å². The van der Waals surface area contributed by atoms with E-state index in [1.807, 2.05) is 36.5 Å². The van der Waals surface area contributed by atoms with Gasteiger partial charge < -0.3 is 9.47 Å². The molecule has 0 spiro atoms. The van der Waals surface area contributed by atoms with E-state index in [9.17, 15) is 4.79 Å². The molecule has 1 aromatic carbocycles. The van der Waals surface area contributed by atoms with E-state index in [-0.39, 0.29) is 5.92 Å². The van der Waals surface area contributed by atoms with Crippen molar-refractivity contribution in [3.63, 3.8) is 0 Å². The van der Waals surface area contributed by atoms with Crippen LogP contribution in [0.3, 0.4) is 0 Å². The van der Waals surface area contributed by atoms with Crippen LogP contribution in [0.4, 0.5) is 0 Å². The summed E-state index contributed by atoms with van der Waals surface area (Å²) in [5, 5.41) is 0. The highest BCUT2D eigenvalue weighted by atomic mass is 16.2. The SMILES string of the molecule is CN(CCn1cnc2ccccc21)C(=O)[C@@H]1C[C@@H]2C=C[C@H]1C2. The predicted octanol–water partition coefficient (Wildman–Crippen LogP) is 2.71. The molecule has 0 unspecified atom stereocenters. The normalized spacial score (nSPS) is 26.0. The molecule has 4 nitrogen and oxygen atoms in total. The van der Waals surface area contributed by atoms with E-state index in [2.05, 4.69) is 27.8 Å². The van der Waals surface area contributed by atoms with Gasteiger partial charge in [-0.05, 0) is 36.8 Å². The van der Waals surface area contributed by atoms with Gasteiger partial charge in [0, 0.05) is 26.1 Å². The molecule has 1 fully saturated rings. The first kappa shape index (κ1) is 13.6. The second-order valence-corrected chi connectivity index (χ2v) is 6.57. The molecule has 1 amide bonds. The van der Waals surface area contributed by atoms with Gasteiger partial charge in [0.25, 0.3) is 0 Å². The Hall–Kier alpha value is -2.10. The van der Waals surface area contributed by atoms with E-state index in [1.165, 1.54) is 6.42 Å². The van der Waals surface area contributed by atoms with E-state index >= 15 is 0 Å². The van der Waals surface area contributed by atoms with Crippen molar-refractivity contribution in [1.82, 2.24) is 14.5 Å². The summed E-state index contributed by atoms with van der Waals surface area (Å²) in [4.78, 5) is 18.9. The number of imidazole rings is 1. The van der Waals surface area contributed by atoms with Gasteiger partial charge in [-0.15, -0.1) is 0 Å². The summed E-state index contributed by atoms with van der Waals surface area (Å²) in [6.07, 6.45) is 8.61. The average Bonchev–Trinajstić information content (AvgIpc) is 3.26. The van der Waals surface area contributed by atoms with Crippen molar-refractivity contribution in [2.24, 2.45) is 17.8 Å². The van der Waals surface area contributed by atoms with Crippen molar-refractivity contribution in [1.29, 1.82) is 0 Å². The van der Waals surface area contributed by atoms with E-state index in [4.69, 9.17) is 0 Å². The predicted molar refractivity (Wildman–Crippen MR) is 86.2 cm³/mol. The molecular formula is C18H21N3O. The zero-order valence-corrected chi connectivity index (χ0v) is 12.9. The van der Waals surface area contributed by atoms with Crippen LogP contribution >= 0.6 is 0 Å². The van der Waals surface area contributed by atoms with Gasteiger partial charge in [0.15, 0.2) is 0 Å². The molecule has 2 aliphatic rings. The van der Waals surface area contributed by atoms with E-state index in [0.717, 1.165) is 30.5 Å². The zero-order chi connectivity index (χ0) is 15.1. The molecule has 0 radical (unpaired) electrons. The molecule has 0 N–H and O–H groups in total. The van der Waals surface area contributed by atoms with Gasteiger partial charge in [-0.25, -0.2) is 4.98 Å². The number of carbonyl (C=O) groups is 1. The molecule has 0 aliphatic heterocycles. The molecule has 1 saturated carbocycles. The number of allylic oxidation sites excluding steroid dienone is 2. The Kier molecular flexibility index (Phi) is 3.25. The summed E-state index contributed by atoms with van der Waals surface area (Å²) < 4.78 is 2.12. The second kappa shape index (κ2) is 5.27. The van der Waals surface area contributed by atoms with Crippen LogP contribution in [-0.2, 0) is 11.3 Å². The van der Waals surface area contributed by atoms with Crippen LogP contribution < -0.4 is 0 Å². The number of amides is 1. The smallest absolute Gasteiger partial charge is 0.226 e. The summed E-state index contributed by atoms with van der Waals surface area (Å²) in [6.45, 7) is 1.52. The van der Waals surface area contributed by atoms with Gasteiger partial charge in [-0.3, -0.25) is 4.79 Å². The van der Waals surface area contributed by atoms with Crippen molar-refractivity contribution in [2.75, 3.05) is 13.6 Å². The van der Waals surface area contributed by atoms with Crippen molar-refractivity contribution >= 4 is 16.9 Å². The number of likely N-dealkylation sites (N-methyl/N-ethyl adjacent to an activating group) is 1. The van der Waals surface area contributed by atoms with Gasteiger partial charge in [0.1, 0.15) is 0 Å². The first-order valence-corrected chi connectivity index (χ1v) is 8.05. The van der Waals surface area contributed by atoms with Gasteiger partial charge >= 0.3 is 0 Å². The fourth-order valence-corrected chi connectivity index (χ4v) is 3.90. The van der Waals surface area contributed by atoms with Crippen LogP contribution in [0, 0.1) is 17.8 Å². The third-order valence-electron chi connectivity index (χ3n) is 5.18. The Labute approximate surface area is 130 Å². The maximum absolute atomic E-state index is 12.6. The highest BCUT2D eigenvalue weighted by Gasteiger charge is 2.40. The summed E-state index contributed by atoms with van der Waals surface area (Å²) >= 11 is 0. The van der Waals surface area contributed by atoms with Crippen molar-refractivity contribution in [3.8, 4) is 0 Å². The van der Waals surface area contributed by atoms with Crippen LogP contribution in [0.1, 0.15) is 12.8 Å². The first-order chi connectivity index (χ1) is 10.7. The highest BCUT2D eigenvalue weighted by molar-refractivity contribution is 5.80. The van der Waals surface area contributed by atoms with Crippen LogP contribution in [0.15, 0.2) is 42.7 Å². The zero-order valence-electron chi connectivity index (χ0n) is 12.9. The fourth-order valence-electron chi connectivity index (χ4n) is 3.90. The minimum atomic E-state index is 0.208. The van der Waals surface area contributed by atoms with Crippen LogP contribution in [0.25, 0.3) is 11.0 Å². The Bertz CT molecular complexity index is 733. The lowest BCUT2D eigenvalue weighted by Crippen LogP contribution is -2.36. The lowest BCUT2D eigenvalue weighted by molar-refractivity contribution is -0.135. The summed E-state index contributed by atoms with van der Waals surface area (Å²) in [7, 11) is 1.93. The minimum absolute atomic E-state index is 0.208. The molecule has 114 valence electrons. The second-order valence-electron chi connectivity index (χ2n) is 6.57. The summed E-state index contributed by atoms with van der Waals surface area (Å²) in [5.41, 5.74) is 2.14. The minimum Gasteiger partial charge on any atom is -0.344 e. The van der Waals surface area contributed by atoms with Gasteiger partial charge in [0.05, 0.1) is 17.4 Å². The lowest BCUT2D eigenvalue weighted by Gasteiger charge is -2.25. The average molecular weight is 295 g/mol. The lowest BCUT2D eigenvalue weighted by atomic mass is 9.92. The third kappa shape index (κ3) is 2.23. The largest absolute Gasteiger partial charge is 0.344 e. The van der Waals surface area contributed by atoms with Crippen molar-refractivity contribution in [3.05, 3.63) is 42.7 Å². The number of aromatic nitrogens is 2. The molecule has 0 saturated heterocycles. The molecule has 22 heavy (non-hydrogen) atoms. The number of carbonyl (C=O) groups excluding carboxylic acids is 1. The van der Waals surface area contributed by atoms with Gasteiger partial charge in [-0.1, -0.05) is 24.3 Å². The molecule has 1 heterocycles. The summed E-state index contributed by atoms with van der Waals surface area (Å²) in [6, 6.07) is 8.11. The number of para-hydroxylation sites is 2. The Morgan fingerprint density at radius 2 is 2.18 bits per heavy atom. The van der Waals surface area contributed by atoms with Crippen LogP contribution in [0.2, 0.25) is 0 Å². The van der Waals surface area contributed by atoms with Crippen LogP contribution in [0.5, 0.6) is 0 Å². The first-order valence-electron chi connectivity index (χ1n) is 8.05. The quantitative estimate of drug-likeness (QED) is 0.813. The Morgan fingerprint density at radius 1 is 1.32 bits per heavy atom. The van der Waals surface area contributed by atoms with Crippen molar-refractivity contribution < 1.29 is 4.79 Å². The molecule has 4 heteroatoms. The monoisotopic (exact) mass is 295 g/mol. The molecule has 2 aromatic rings. The number of hydrogen-bond donors (Lipinski definition) is 0. The van der Waals surface area contributed by atoms with E-state index in [0.29, 0.717) is 17.7 Å². The molecule has 2 bridgehead atoms. The number of benzene rings is 1.